The SMILES string of the molecule is Cc1ccccc1-n1nc(CO)c(C(=O)NCc2ccc(F)cc2)n1. The molecule has 25 heavy (non-hydrogen) atoms. The van der Waals surface area contributed by atoms with Gasteiger partial charge in [0, 0.05) is 6.54 Å². The molecule has 0 spiro atoms. The minimum atomic E-state index is -0.451. The largest absolute Gasteiger partial charge is 0.390 e. The monoisotopic (exact) mass is 340 g/mol. The highest BCUT2D eigenvalue weighted by Crippen LogP contribution is 2.13. The molecule has 0 saturated heterocycles. The Morgan fingerprint density at radius 1 is 1.16 bits per heavy atom. The fourth-order valence-electron chi connectivity index (χ4n) is 2.38. The second kappa shape index (κ2) is 7.23. The van der Waals surface area contributed by atoms with E-state index in [1.807, 2.05) is 31.2 Å². The highest BCUT2D eigenvalue weighted by atomic mass is 19.1. The van der Waals surface area contributed by atoms with Crippen LogP contribution in [-0.4, -0.2) is 26.0 Å². The van der Waals surface area contributed by atoms with Gasteiger partial charge in [0.15, 0.2) is 5.69 Å². The number of aromatic nitrogens is 3. The number of carbonyl (C=O) groups excluding carboxylic acids is 1. The Labute approximate surface area is 143 Å². The minimum absolute atomic E-state index is 0.0628. The summed E-state index contributed by atoms with van der Waals surface area (Å²) in [6, 6.07) is 13.3. The summed E-state index contributed by atoms with van der Waals surface area (Å²) in [7, 11) is 0. The molecular formula is C18H17FN4O2. The lowest BCUT2D eigenvalue weighted by Gasteiger charge is -2.04. The molecule has 128 valence electrons. The van der Waals surface area contributed by atoms with Gasteiger partial charge in [-0.3, -0.25) is 4.79 Å². The number of aliphatic hydroxyl groups is 1. The van der Waals surface area contributed by atoms with Gasteiger partial charge < -0.3 is 10.4 Å². The highest BCUT2D eigenvalue weighted by molar-refractivity contribution is 5.93. The molecule has 3 aromatic rings. The lowest BCUT2D eigenvalue weighted by Crippen LogP contribution is -2.24. The summed E-state index contributed by atoms with van der Waals surface area (Å²) in [5, 5.41) is 20.6. The molecule has 0 aliphatic carbocycles. The van der Waals surface area contributed by atoms with E-state index in [2.05, 4.69) is 15.5 Å². The number of nitrogens with one attached hydrogen (secondary N) is 1. The predicted octanol–water partition coefficient (Wildman–Crippen LogP) is 2.14. The molecule has 0 radical (unpaired) electrons. The molecule has 0 aliphatic heterocycles. The van der Waals surface area contributed by atoms with E-state index >= 15 is 0 Å². The van der Waals surface area contributed by atoms with Crippen LogP contribution in [0.1, 0.15) is 27.3 Å². The van der Waals surface area contributed by atoms with Crippen LogP contribution in [0, 0.1) is 12.7 Å². The Morgan fingerprint density at radius 2 is 1.88 bits per heavy atom. The third kappa shape index (κ3) is 3.72. The number of amides is 1. The average molecular weight is 340 g/mol. The molecule has 1 aromatic heterocycles. The lowest BCUT2D eigenvalue weighted by atomic mass is 10.2. The molecule has 7 heteroatoms. The van der Waals surface area contributed by atoms with E-state index in [-0.39, 0.29) is 23.7 Å². The van der Waals surface area contributed by atoms with Crippen LogP contribution < -0.4 is 5.32 Å². The van der Waals surface area contributed by atoms with Crippen molar-refractivity contribution < 1.29 is 14.3 Å². The zero-order valence-electron chi connectivity index (χ0n) is 13.6. The molecule has 2 aromatic carbocycles. The topological polar surface area (TPSA) is 80.0 Å². The van der Waals surface area contributed by atoms with Gasteiger partial charge in [0.05, 0.1) is 12.3 Å². The molecule has 2 N–H and O–H groups in total. The number of benzene rings is 2. The quantitative estimate of drug-likeness (QED) is 0.746. The number of hydrogen-bond donors (Lipinski definition) is 2. The van der Waals surface area contributed by atoms with Gasteiger partial charge in [-0.05, 0) is 36.2 Å². The van der Waals surface area contributed by atoms with E-state index in [9.17, 15) is 14.3 Å². The van der Waals surface area contributed by atoms with E-state index in [0.29, 0.717) is 0 Å². The number of halogens is 1. The highest BCUT2D eigenvalue weighted by Gasteiger charge is 2.19. The maximum absolute atomic E-state index is 12.9. The zero-order valence-corrected chi connectivity index (χ0v) is 13.6. The van der Waals surface area contributed by atoms with Crippen molar-refractivity contribution in [2.75, 3.05) is 0 Å². The first-order chi connectivity index (χ1) is 12.1. The molecule has 0 bridgehead atoms. The Kier molecular flexibility index (Phi) is 4.85. The summed E-state index contributed by atoms with van der Waals surface area (Å²) in [6.07, 6.45) is 0. The number of hydrogen-bond acceptors (Lipinski definition) is 4. The standard InChI is InChI=1S/C18H17FN4O2/c1-12-4-2-3-5-16(12)23-21-15(11-24)17(22-23)18(25)20-10-13-6-8-14(19)9-7-13/h2-9,24H,10-11H2,1H3,(H,20,25). The van der Waals surface area contributed by atoms with Crippen molar-refractivity contribution in [2.45, 2.75) is 20.1 Å². The van der Waals surface area contributed by atoms with Gasteiger partial charge in [0.2, 0.25) is 0 Å². The van der Waals surface area contributed by atoms with Gasteiger partial charge in [-0.2, -0.15) is 4.80 Å². The normalized spacial score (nSPS) is 10.7. The van der Waals surface area contributed by atoms with Crippen molar-refractivity contribution in [3.05, 3.63) is 76.9 Å². The molecule has 0 aliphatic rings. The van der Waals surface area contributed by atoms with E-state index in [0.717, 1.165) is 16.8 Å². The van der Waals surface area contributed by atoms with Crippen molar-refractivity contribution in [3.8, 4) is 5.69 Å². The first-order valence-corrected chi connectivity index (χ1v) is 7.74. The molecule has 0 saturated carbocycles. The summed E-state index contributed by atoms with van der Waals surface area (Å²) in [5.41, 5.74) is 2.69. The van der Waals surface area contributed by atoms with Crippen LogP contribution in [-0.2, 0) is 13.2 Å². The van der Waals surface area contributed by atoms with E-state index < -0.39 is 12.5 Å². The van der Waals surface area contributed by atoms with Crippen molar-refractivity contribution in [1.29, 1.82) is 0 Å². The van der Waals surface area contributed by atoms with Crippen LogP contribution >= 0.6 is 0 Å². The van der Waals surface area contributed by atoms with Gasteiger partial charge in [0.1, 0.15) is 11.5 Å². The number of para-hydroxylation sites is 1. The summed E-state index contributed by atoms with van der Waals surface area (Å²) < 4.78 is 12.9. The van der Waals surface area contributed by atoms with Crippen LogP contribution in [0.15, 0.2) is 48.5 Å². The van der Waals surface area contributed by atoms with E-state index in [1.165, 1.54) is 16.9 Å². The van der Waals surface area contributed by atoms with Gasteiger partial charge >= 0.3 is 0 Å². The smallest absolute Gasteiger partial charge is 0.274 e. The molecule has 0 unspecified atom stereocenters. The third-order valence-electron chi connectivity index (χ3n) is 3.75. The molecule has 3 rings (SSSR count). The maximum atomic E-state index is 12.9. The fourth-order valence-corrected chi connectivity index (χ4v) is 2.38. The Balaban J connectivity index is 1.80. The number of aliphatic hydroxyl groups excluding tert-OH is 1. The van der Waals surface area contributed by atoms with Gasteiger partial charge in [-0.1, -0.05) is 30.3 Å². The Hall–Kier alpha value is -3.06. The van der Waals surface area contributed by atoms with E-state index in [1.54, 1.807) is 12.1 Å². The van der Waals surface area contributed by atoms with Crippen LogP contribution in [0.4, 0.5) is 4.39 Å². The van der Waals surface area contributed by atoms with E-state index in [4.69, 9.17) is 0 Å². The Morgan fingerprint density at radius 3 is 2.56 bits per heavy atom. The minimum Gasteiger partial charge on any atom is -0.390 e. The number of aryl methyl sites for hydroxylation is 1. The average Bonchev–Trinajstić information content (AvgIpc) is 3.05. The summed E-state index contributed by atoms with van der Waals surface area (Å²) >= 11 is 0. The second-order valence-electron chi connectivity index (χ2n) is 5.54. The van der Waals surface area contributed by atoms with Gasteiger partial charge in [0.25, 0.3) is 5.91 Å². The van der Waals surface area contributed by atoms with Crippen LogP contribution in [0.3, 0.4) is 0 Å². The lowest BCUT2D eigenvalue weighted by molar-refractivity contribution is 0.0942. The molecule has 6 nitrogen and oxygen atoms in total. The first-order valence-electron chi connectivity index (χ1n) is 7.74. The predicted molar refractivity (Wildman–Crippen MR) is 89.6 cm³/mol. The second-order valence-corrected chi connectivity index (χ2v) is 5.54. The summed E-state index contributed by atoms with van der Waals surface area (Å²) in [4.78, 5) is 13.7. The molecule has 0 fully saturated rings. The number of rotatable bonds is 5. The van der Waals surface area contributed by atoms with Crippen LogP contribution in [0.5, 0.6) is 0 Å². The third-order valence-corrected chi connectivity index (χ3v) is 3.75. The van der Waals surface area contributed by atoms with Crippen molar-refractivity contribution in [1.82, 2.24) is 20.3 Å². The summed E-state index contributed by atoms with van der Waals surface area (Å²) in [5.74, 6) is -0.785. The van der Waals surface area contributed by atoms with Crippen LogP contribution in [0.2, 0.25) is 0 Å². The molecule has 1 amide bonds. The van der Waals surface area contributed by atoms with Crippen molar-refractivity contribution in [2.24, 2.45) is 0 Å². The maximum Gasteiger partial charge on any atom is 0.274 e. The first kappa shape index (κ1) is 16.8. The summed E-state index contributed by atoms with van der Waals surface area (Å²) in [6.45, 7) is 1.73. The fraction of sp³-hybridized carbons (Fsp3) is 0.167. The van der Waals surface area contributed by atoms with Gasteiger partial charge in [-0.15, -0.1) is 10.2 Å². The van der Waals surface area contributed by atoms with Crippen LogP contribution in [0.25, 0.3) is 5.69 Å². The molecular weight excluding hydrogens is 323 g/mol. The number of nitrogens with zero attached hydrogens (tertiary/aromatic N) is 3. The Bertz CT molecular complexity index is 890. The molecule has 1 heterocycles. The molecule has 0 atom stereocenters. The number of carbonyl (C=O) groups is 1. The van der Waals surface area contributed by atoms with Gasteiger partial charge in [-0.25, -0.2) is 4.39 Å². The van der Waals surface area contributed by atoms with Crippen molar-refractivity contribution in [3.63, 3.8) is 0 Å². The zero-order chi connectivity index (χ0) is 17.8. The van der Waals surface area contributed by atoms with Crippen molar-refractivity contribution >= 4 is 5.91 Å².